The Bertz CT molecular complexity index is 1420. The molecule has 0 saturated heterocycles. The summed E-state index contributed by atoms with van der Waals surface area (Å²) in [5.74, 6) is 0.268. The fourth-order valence-corrected chi connectivity index (χ4v) is 4.59. The molecule has 12 heteroatoms. The van der Waals surface area contributed by atoms with E-state index in [1.54, 1.807) is 11.8 Å². The quantitative estimate of drug-likeness (QED) is 0.217. The Morgan fingerprint density at radius 2 is 1.49 bits per heavy atom. The number of alkyl halides is 3. The summed E-state index contributed by atoms with van der Waals surface area (Å²) in [5, 5.41) is 12.9. The highest BCUT2D eigenvalue weighted by atomic mass is 32.2. The number of carbonyl (C=O) groups excluding carboxylic acids is 2. The van der Waals surface area contributed by atoms with Crippen LogP contribution < -0.4 is 10.6 Å². The fraction of sp³-hybridized carbons (Fsp3) is 0.241. The smallest absolute Gasteiger partial charge is 0.370 e. The number of halogens is 3. The molecule has 0 fully saturated rings. The number of nitrogens with zero attached hydrogens (tertiary/aromatic N) is 3. The molecule has 4 rings (SSSR count). The first kappa shape index (κ1) is 29.8. The van der Waals surface area contributed by atoms with Crippen molar-refractivity contribution in [3.63, 3.8) is 0 Å². The molecule has 0 aliphatic rings. The van der Waals surface area contributed by atoms with E-state index in [4.69, 9.17) is 4.74 Å². The van der Waals surface area contributed by atoms with E-state index in [2.05, 4.69) is 15.6 Å². The van der Waals surface area contributed by atoms with Crippen LogP contribution in [0.4, 0.5) is 13.2 Å². The monoisotopic (exact) mass is 583 g/mol. The van der Waals surface area contributed by atoms with Gasteiger partial charge in [0.25, 0.3) is 11.8 Å². The Balaban J connectivity index is 1.43. The molecule has 3 aromatic carbocycles. The average molecular weight is 584 g/mol. The molecule has 0 bridgehead atoms. The summed E-state index contributed by atoms with van der Waals surface area (Å²) in [6.45, 7) is -0.694. The topological polar surface area (TPSA) is 98.1 Å². The number of amides is 2. The van der Waals surface area contributed by atoms with E-state index in [0.717, 1.165) is 11.3 Å². The van der Waals surface area contributed by atoms with Gasteiger partial charge in [-0.15, -0.1) is 5.10 Å². The minimum absolute atomic E-state index is 0.0151. The molecule has 0 radical (unpaired) electrons. The molecule has 0 unspecified atom stereocenters. The number of nitrogens with one attached hydrogen (secondary N) is 2. The molecule has 1 heterocycles. The fourth-order valence-electron chi connectivity index (χ4n) is 3.78. The lowest BCUT2D eigenvalue weighted by Gasteiger charge is -2.11. The van der Waals surface area contributed by atoms with Crippen LogP contribution in [-0.2, 0) is 23.7 Å². The molecule has 4 aromatic rings. The zero-order chi connectivity index (χ0) is 29.1. The highest BCUT2D eigenvalue weighted by Gasteiger charge is 2.28. The second kappa shape index (κ2) is 14.5. The molecule has 0 aliphatic heterocycles. The van der Waals surface area contributed by atoms with Gasteiger partial charge in [-0.1, -0.05) is 65.9 Å². The van der Waals surface area contributed by atoms with E-state index in [1.807, 2.05) is 66.0 Å². The molecule has 2 N–H and O–H groups in total. The molecule has 0 aliphatic carbocycles. The number of ether oxygens (including phenoxy) is 1. The first-order valence-corrected chi connectivity index (χ1v) is 13.9. The number of hydrogen-bond donors (Lipinski definition) is 2. The van der Waals surface area contributed by atoms with Gasteiger partial charge in [-0.3, -0.25) is 9.59 Å². The summed E-state index contributed by atoms with van der Waals surface area (Å²) in [6, 6.07) is 25.3. The van der Waals surface area contributed by atoms with E-state index in [0.29, 0.717) is 30.3 Å². The lowest BCUT2D eigenvalue weighted by molar-refractivity contribution is -0.123. The number of thioether (sulfide) groups is 1. The van der Waals surface area contributed by atoms with Crippen molar-refractivity contribution in [2.24, 2.45) is 0 Å². The summed E-state index contributed by atoms with van der Waals surface area (Å²) in [4.78, 5) is 25.1. The Hall–Kier alpha value is -4.16. The Morgan fingerprint density at radius 3 is 2.15 bits per heavy atom. The summed E-state index contributed by atoms with van der Waals surface area (Å²) < 4.78 is 44.6. The molecular weight excluding hydrogens is 555 g/mol. The molecule has 0 spiro atoms. The second-order valence-electron chi connectivity index (χ2n) is 8.91. The Labute approximate surface area is 239 Å². The standard InChI is InChI=1S/C29H28F3N5O3S/c30-29(31,32)20-34-27(38)23-11-13-24(14-12-23)37-25(18-40-17-21-7-3-1-4-8-21)26(35-36-37)28(39)33-15-16-41-19-22-9-5-2-6-10-22/h1-14H,15-20H2,(H,33,39)(H,34,38). The van der Waals surface area contributed by atoms with Gasteiger partial charge in [0.05, 0.1) is 18.9 Å². The minimum atomic E-state index is -4.51. The Morgan fingerprint density at radius 1 is 0.829 bits per heavy atom. The highest BCUT2D eigenvalue weighted by Crippen LogP contribution is 2.18. The van der Waals surface area contributed by atoms with Crippen LogP contribution in [0.25, 0.3) is 5.69 Å². The van der Waals surface area contributed by atoms with Crippen molar-refractivity contribution in [1.29, 1.82) is 0 Å². The van der Waals surface area contributed by atoms with Gasteiger partial charge in [0.1, 0.15) is 12.2 Å². The van der Waals surface area contributed by atoms with Crippen LogP contribution in [0, 0.1) is 0 Å². The van der Waals surface area contributed by atoms with Crippen LogP contribution in [-0.4, -0.2) is 51.8 Å². The van der Waals surface area contributed by atoms with Crippen molar-refractivity contribution in [2.75, 3.05) is 18.8 Å². The number of aromatic nitrogens is 3. The maximum atomic E-state index is 13.0. The van der Waals surface area contributed by atoms with Crippen molar-refractivity contribution >= 4 is 23.6 Å². The lowest BCUT2D eigenvalue weighted by atomic mass is 10.2. The van der Waals surface area contributed by atoms with Gasteiger partial charge in [0.2, 0.25) is 0 Å². The van der Waals surface area contributed by atoms with Gasteiger partial charge in [-0.05, 0) is 35.4 Å². The third-order valence-corrected chi connectivity index (χ3v) is 6.83. The van der Waals surface area contributed by atoms with Crippen LogP contribution in [0.15, 0.2) is 84.9 Å². The highest BCUT2D eigenvalue weighted by molar-refractivity contribution is 7.98. The first-order chi connectivity index (χ1) is 19.8. The summed E-state index contributed by atoms with van der Waals surface area (Å²) in [7, 11) is 0. The van der Waals surface area contributed by atoms with Gasteiger partial charge in [-0.2, -0.15) is 24.9 Å². The molecule has 2 amide bonds. The number of carbonyl (C=O) groups is 2. The maximum Gasteiger partial charge on any atom is 0.405 e. The molecular formula is C29H28F3N5O3S. The van der Waals surface area contributed by atoms with Crippen LogP contribution in [0.3, 0.4) is 0 Å². The van der Waals surface area contributed by atoms with E-state index >= 15 is 0 Å². The van der Waals surface area contributed by atoms with Crippen molar-refractivity contribution in [1.82, 2.24) is 25.6 Å². The molecule has 8 nitrogen and oxygen atoms in total. The third-order valence-electron chi connectivity index (χ3n) is 5.80. The van der Waals surface area contributed by atoms with Crippen molar-refractivity contribution in [3.8, 4) is 5.69 Å². The summed E-state index contributed by atoms with van der Waals surface area (Å²) in [6.07, 6.45) is -4.51. The predicted octanol–water partition coefficient (Wildman–Crippen LogP) is 4.94. The van der Waals surface area contributed by atoms with E-state index in [-0.39, 0.29) is 17.9 Å². The largest absolute Gasteiger partial charge is 0.405 e. The van der Waals surface area contributed by atoms with Crippen LogP contribution in [0.5, 0.6) is 0 Å². The molecule has 0 saturated carbocycles. The summed E-state index contributed by atoms with van der Waals surface area (Å²) >= 11 is 1.69. The van der Waals surface area contributed by atoms with Gasteiger partial charge < -0.3 is 15.4 Å². The van der Waals surface area contributed by atoms with E-state index in [9.17, 15) is 22.8 Å². The maximum absolute atomic E-state index is 13.0. The lowest BCUT2D eigenvalue weighted by Crippen LogP contribution is -2.33. The van der Waals surface area contributed by atoms with Crippen molar-refractivity contribution < 1.29 is 27.5 Å². The Kier molecular flexibility index (Phi) is 10.5. The molecule has 41 heavy (non-hydrogen) atoms. The minimum Gasteiger partial charge on any atom is -0.370 e. The van der Waals surface area contributed by atoms with Gasteiger partial charge in [0.15, 0.2) is 5.69 Å². The zero-order valence-corrected chi connectivity index (χ0v) is 22.8. The van der Waals surface area contributed by atoms with Gasteiger partial charge >= 0.3 is 6.18 Å². The van der Waals surface area contributed by atoms with Gasteiger partial charge in [-0.25, -0.2) is 4.68 Å². The van der Waals surface area contributed by atoms with Crippen LogP contribution in [0.2, 0.25) is 0 Å². The normalized spacial score (nSPS) is 11.3. The van der Waals surface area contributed by atoms with Crippen molar-refractivity contribution in [2.45, 2.75) is 25.1 Å². The average Bonchev–Trinajstić information content (AvgIpc) is 3.40. The van der Waals surface area contributed by atoms with E-state index in [1.165, 1.54) is 34.5 Å². The molecule has 1 aromatic heterocycles. The number of hydrogen-bond acceptors (Lipinski definition) is 6. The third kappa shape index (κ3) is 9.19. The van der Waals surface area contributed by atoms with Crippen LogP contribution >= 0.6 is 11.8 Å². The zero-order valence-electron chi connectivity index (χ0n) is 21.9. The first-order valence-electron chi connectivity index (χ1n) is 12.7. The molecule has 0 atom stereocenters. The predicted molar refractivity (Wildman–Crippen MR) is 150 cm³/mol. The number of rotatable bonds is 13. The van der Waals surface area contributed by atoms with E-state index < -0.39 is 24.5 Å². The van der Waals surface area contributed by atoms with Crippen LogP contribution in [0.1, 0.15) is 37.7 Å². The van der Waals surface area contributed by atoms with Crippen molar-refractivity contribution in [3.05, 3.63) is 113 Å². The van der Waals surface area contributed by atoms with Gasteiger partial charge in [0, 0.05) is 23.6 Å². The number of benzene rings is 3. The second-order valence-corrected chi connectivity index (χ2v) is 10.0. The molecule has 214 valence electrons. The SMILES string of the molecule is O=C(NCC(F)(F)F)c1ccc(-n2nnc(C(=O)NCCSCc3ccccc3)c2COCc2ccccc2)cc1. The summed E-state index contributed by atoms with van der Waals surface area (Å²) in [5.41, 5.74) is 3.14.